The highest BCUT2D eigenvalue weighted by Gasteiger charge is 2.13. The fourth-order valence-electron chi connectivity index (χ4n) is 3.34. The fraction of sp³-hybridized carbons (Fsp3) is 0.217. The molecule has 0 saturated carbocycles. The number of aliphatic hydroxyl groups is 1. The molecule has 2 aromatic heterocycles. The van der Waals surface area contributed by atoms with Crippen LogP contribution in [0, 0.1) is 13.8 Å². The smallest absolute Gasteiger partial charge is 0.276 e. The average Bonchev–Trinajstić information content (AvgIpc) is 3.17. The van der Waals surface area contributed by atoms with Crippen LogP contribution >= 0.6 is 0 Å². The zero-order valence-corrected chi connectivity index (χ0v) is 16.7. The van der Waals surface area contributed by atoms with Gasteiger partial charge in [0.05, 0.1) is 25.5 Å². The molecule has 29 heavy (non-hydrogen) atoms. The SMILES string of the molecule is COc1ccc(-c2cc3c(=O)n(CC(O)c4ccc(C)c(C)c4)ccn3n2)cc1. The summed E-state index contributed by atoms with van der Waals surface area (Å²) in [7, 11) is 1.62. The molecule has 0 aliphatic heterocycles. The Kier molecular flexibility index (Phi) is 4.94. The first-order valence-corrected chi connectivity index (χ1v) is 9.45. The summed E-state index contributed by atoms with van der Waals surface area (Å²) in [5.41, 5.74) is 4.96. The first-order chi connectivity index (χ1) is 14.0. The van der Waals surface area contributed by atoms with Crippen molar-refractivity contribution in [2.75, 3.05) is 7.11 Å². The monoisotopic (exact) mass is 389 g/mol. The van der Waals surface area contributed by atoms with Gasteiger partial charge in [-0.25, -0.2) is 4.52 Å². The van der Waals surface area contributed by atoms with E-state index in [9.17, 15) is 9.90 Å². The number of aryl methyl sites for hydroxylation is 2. The van der Waals surface area contributed by atoms with Crippen LogP contribution < -0.4 is 10.3 Å². The van der Waals surface area contributed by atoms with Crippen molar-refractivity contribution in [3.8, 4) is 17.0 Å². The van der Waals surface area contributed by atoms with Gasteiger partial charge in [0, 0.05) is 18.0 Å². The maximum Gasteiger partial charge on any atom is 0.276 e. The summed E-state index contributed by atoms with van der Waals surface area (Å²) in [6.45, 7) is 4.22. The summed E-state index contributed by atoms with van der Waals surface area (Å²) in [5.74, 6) is 0.764. The van der Waals surface area contributed by atoms with Crippen LogP contribution in [0.2, 0.25) is 0 Å². The number of hydrogen-bond acceptors (Lipinski definition) is 4. The van der Waals surface area contributed by atoms with Gasteiger partial charge in [-0.1, -0.05) is 18.2 Å². The third kappa shape index (κ3) is 3.67. The van der Waals surface area contributed by atoms with Gasteiger partial charge in [0.2, 0.25) is 0 Å². The molecule has 0 spiro atoms. The van der Waals surface area contributed by atoms with Gasteiger partial charge < -0.3 is 14.4 Å². The molecular formula is C23H23N3O3. The van der Waals surface area contributed by atoms with Crippen molar-refractivity contribution in [2.45, 2.75) is 26.5 Å². The topological polar surface area (TPSA) is 68.8 Å². The van der Waals surface area contributed by atoms with Crippen LogP contribution in [0.4, 0.5) is 0 Å². The first-order valence-electron chi connectivity index (χ1n) is 9.45. The Labute approximate surface area is 168 Å². The van der Waals surface area contributed by atoms with E-state index < -0.39 is 6.10 Å². The summed E-state index contributed by atoms with van der Waals surface area (Å²) in [6, 6.07) is 15.1. The van der Waals surface area contributed by atoms with Crippen molar-refractivity contribution >= 4 is 5.52 Å². The van der Waals surface area contributed by atoms with Gasteiger partial charge in [-0.3, -0.25) is 4.79 Å². The lowest BCUT2D eigenvalue weighted by Crippen LogP contribution is -2.24. The molecule has 1 atom stereocenters. The lowest BCUT2D eigenvalue weighted by molar-refractivity contribution is 0.155. The third-order valence-corrected chi connectivity index (χ3v) is 5.27. The minimum atomic E-state index is -0.765. The number of benzene rings is 2. The molecule has 6 nitrogen and oxygen atoms in total. The molecule has 6 heteroatoms. The Morgan fingerprint density at radius 3 is 2.48 bits per heavy atom. The van der Waals surface area contributed by atoms with Gasteiger partial charge >= 0.3 is 0 Å². The molecular weight excluding hydrogens is 366 g/mol. The predicted octanol–water partition coefficient (Wildman–Crippen LogP) is 3.52. The Morgan fingerprint density at radius 1 is 1.03 bits per heavy atom. The first kappa shape index (κ1) is 19.0. The van der Waals surface area contributed by atoms with Crippen molar-refractivity contribution in [3.63, 3.8) is 0 Å². The van der Waals surface area contributed by atoms with Crippen LogP contribution in [-0.4, -0.2) is 26.4 Å². The van der Waals surface area contributed by atoms with Crippen molar-refractivity contribution in [2.24, 2.45) is 0 Å². The van der Waals surface area contributed by atoms with E-state index in [4.69, 9.17) is 4.74 Å². The minimum absolute atomic E-state index is 0.181. The summed E-state index contributed by atoms with van der Waals surface area (Å²) in [6.07, 6.45) is 2.62. The quantitative estimate of drug-likeness (QED) is 0.567. The number of rotatable bonds is 5. The molecule has 0 bridgehead atoms. The molecule has 148 valence electrons. The van der Waals surface area contributed by atoms with Crippen LogP contribution in [0.15, 0.2) is 65.7 Å². The Balaban J connectivity index is 1.65. The van der Waals surface area contributed by atoms with Crippen LogP contribution in [0.25, 0.3) is 16.8 Å². The summed E-state index contributed by atoms with van der Waals surface area (Å²) >= 11 is 0. The van der Waals surface area contributed by atoms with E-state index in [0.717, 1.165) is 22.4 Å². The van der Waals surface area contributed by atoms with E-state index >= 15 is 0 Å². The fourth-order valence-corrected chi connectivity index (χ4v) is 3.34. The zero-order chi connectivity index (χ0) is 20.5. The molecule has 2 aromatic carbocycles. The maximum atomic E-state index is 12.9. The second-order valence-electron chi connectivity index (χ2n) is 7.20. The van der Waals surface area contributed by atoms with E-state index in [2.05, 4.69) is 5.10 Å². The molecule has 4 rings (SSSR count). The summed E-state index contributed by atoms with van der Waals surface area (Å²) in [4.78, 5) is 12.9. The number of methoxy groups -OCH3 is 1. The predicted molar refractivity (Wildman–Crippen MR) is 112 cm³/mol. The van der Waals surface area contributed by atoms with Crippen LogP contribution in [0.1, 0.15) is 22.8 Å². The number of fused-ring (bicyclic) bond motifs is 1. The lowest BCUT2D eigenvalue weighted by atomic mass is 10.0. The van der Waals surface area contributed by atoms with Gasteiger partial charge in [-0.2, -0.15) is 5.10 Å². The van der Waals surface area contributed by atoms with Gasteiger partial charge in [-0.15, -0.1) is 0 Å². The van der Waals surface area contributed by atoms with Crippen LogP contribution in [-0.2, 0) is 6.54 Å². The van der Waals surface area contributed by atoms with Gasteiger partial charge in [0.15, 0.2) is 0 Å². The lowest BCUT2D eigenvalue weighted by Gasteiger charge is -2.14. The standard InChI is InChI=1S/C23H23N3O3/c1-15-4-5-18(12-16(15)2)22(27)14-25-10-11-26-21(23(25)28)13-20(24-26)17-6-8-19(29-3)9-7-17/h4-13,22,27H,14H2,1-3H3. The highest BCUT2D eigenvalue weighted by molar-refractivity contribution is 5.66. The molecule has 1 N–H and O–H groups in total. The number of ether oxygens (including phenoxy) is 1. The van der Waals surface area contributed by atoms with Crippen molar-refractivity contribution in [1.29, 1.82) is 0 Å². The number of aromatic nitrogens is 3. The van der Waals surface area contributed by atoms with Crippen molar-refractivity contribution in [1.82, 2.24) is 14.2 Å². The third-order valence-electron chi connectivity index (χ3n) is 5.27. The number of aliphatic hydroxyl groups excluding tert-OH is 1. The average molecular weight is 389 g/mol. The Morgan fingerprint density at radius 2 is 1.79 bits per heavy atom. The largest absolute Gasteiger partial charge is 0.497 e. The molecule has 0 amide bonds. The van der Waals surface area contributed by atoms with Crippen molar-refractivity contribution < 1.29 is 9.84 Å². The second kappa shape index (κ2) is 7.56. The Hall–Kier alpha value is -3.38. The van der Waals surface area contributed by atoms with E-state index in [0.29, 0.717) is 11.2 Å². The van der Waals surface area contributed by atoms with Crippen LogP contribution in [0.3, 0.4) is 0 Å². The van der Waals surface area contributed by atoms with Crippen molar-refractivity contribution in [3.05, 3.63) is 88.0 Å². The van der Waals surface area contributed by atoms with E-state index in [1.165, 1.54) is 10.1 Å². The van der Waals surface area contributed by atoms with Gasteiger partial charge in [0.25, 0.3) is 5.56 Å². The molecule has 1 unspecified atom stereocenters. The maximum absolute atomic E-state index is 12.9. The summed E-state index contributed by atoms with van der Waals surface area (Å²) in [5, 5.41) is 15.1. The molecule has 0 aliphatic carbocycles. The van der Waals surface area contributed by atoms with E-state index in [1.54, 1.807) is 30.1 Å². The van der Waals surface area contributed by atoms with Gasteiger partial charge in [0.1, 0.15) is 11.3 Å². The highest BCUT2D eigenvalue weighted by atomic mass is 16.5. The second-order valence-corrected chi connectivity index (χ2v) is 7.20. The molecule has 0 radical (unpaired) electrons. The molecule has 0 aliphatic rings. The molecule has 0 fully saturated rings. The molecule has 0 saturated heterocycles. The summed E-state index contributed by atoms with van der Waals surface area (Å²) < 4.78 is 8.28. The normalized spacial score (nSPS) is 12.3. The minimum Gasteiger partial charge on any atom is -0.497 e. The van der Waals surface area contributed by atoms with Crippen LogP contribution in [0.5, 0.6) is 5.75 Å². The molecule has 2 heterocycles. The van der Waals surface area contributed by atoms with E-state index in [1.807, 2.05) is 56.3 Å². The number of hydrogen-bond donors (Lipinski definition) is 1. The Bertz CT molecular complexity index is 1220. The zero-order valence-electron chi connectivity index (χ0n) is 16.7. The molecule has 4 aromatic rings. The number of nitrogens with zero attached hydrogens (tertiary/aromatic N) is 3. The van der Waals surface area contributed by atoms with Gasteiger partial charge in [-0.05, 0) is 60.9 Å². The highest BCUT2D eigenvalue weighted by Crippen LogP contribution is 2.22. The van der Waals surface area contributed by atoms with E-state index in [-0.39, 0.29) is 12.1 Å².